The summed E-state index contributed by atoms with van der Waals surface area (Å²) in [6.45, 7) is 2.00. The lowest BCUT2D eigenvalue weighted by atomic mass is 10.2. The number of benzene rings is 1. The number of aryl methyl sites for hydroxylation is 1. The van der Waals surface area contributed by atoms with Crippen LogP contribution in [0.3, 0.4) is 0 Å². The van der Waals surface area contributed by atoms with Crippen molar-refractivity contribution >= 4 is 11.6 Å². The molecule has 0 saturated carbocycles. The average Bonchev–Trinajstić information content (AvgIpc) is 3.46. The van der Waals surface area contributed by atoms with Crippen LogP contribution in [0.4, 0.5) is 5.69 Å². The molecule has 1 aromatic carbocycles. The number of aromatic nitrogens is 2. The van der Waals surface area contributed by atoms with Crippen LogP contribution in [0.2, 0.25) is 0 Å². The number of carbonyl (C=O) groups is 1. The molecule has 0 aliphatic heterocycles. The molecule has 0 unspecified atom stereocenters. The third-order valence-corrected chi connectivity index (χ3v) is 4.22. The number of hydrogen-bond donors (Lipinski definition) is 1. The number of non-ortho nitro benzene ring substituents is 1. The average molecular weight is 392 g/mol. The Morgan fingerprint density at radius 1 is 1.21 bits per heavy atom. The summed E-state index contributed by atoms with van der Waals surface area (Å²) in [5.41, 5.74) is 0.932. The Labute approximate surface area is 164 Å². The Bertz CT molecular complexity index is 1170. The first-order valence-electron chi connectivity index (χ1n) is 8.73. The van der Waals surface area contributed by atoms with Gasteiger partial charge in [-0.05, 0) is 37.3 Å². The molecule has 29 heavy (non-hydrogen) atoms. The van der Waals surface area contributed by atoms with Crippen molar-refractivity contribution < 1.29 is 18.6 Å². The van der Waals surface area contributed by atoms with Gasteiger partial charge in [-0.25, -0.2) is 4.68 Å². The topological polar surface area (TPSA) is 116 Å². The van der Waals surface area contributed by atoms with Gasteiger partial charge >= 0.3 is 0 Å². The van der Waals surface area contributed by atoms with E-state index in [9.17, 15) is 14.9 Å². The number of furan rings is 2. The minimum atomic E-state index is -0.500. The highest BCUT2D eigenvalue weighted by molar-refractivity contribution is 5.94. The van der Waals surface area contributed by atoms with Gasteiger partial charge in [-0.2, -0.15) is 5.10 Å². The van der Waals surface area contributed by atoms with Gasteiger partial charge in [0.15, 0.2) is 5.76 Å². The van der Waals surface area contributed by atoms with E-state index in [1.165, 1.54) is 29.1 Å². The van der Waals surface area contributed by atoms with Crippen LogP contribution < -0.4 is 5.32 Å². The summed E-state index contributed by atoms with van der Waals surface area (Å²) in [7, 11) is 0. The number of rotatable bonds is 6. The van der Waals surface area contributed by atoms with E-state index in [0.717, 1.165) is 0 Å². The summed E-state index contributed by atoms with van der Waals surface area (Å²) in [5, 5.41) is 18.3. The van der Waals surface area contributed by atoms with Crippen molar-refractivity contribution in [1.82, 2.24) is 15.1 Å². The van der Waals surface area contributed by atoms with E-state index < -0.39 is 10.8 Å². The monoisotopic (exact) mass is 392 g/mol. The molecule has 0 bridgehead atoms. The van der Waals surface area contributed by atoms with Crippen molar-refractivity contribution in [2.45, 2.75) is 13.5 Å². The van der Waals surface area contributed by atoms with Crippen LogP contribution in [0.25, 0.3) is 17.1 Å². The third kappa shape index (κ3) is 3.79. The van der Waals surface area contributed by atoms with E-state index in [2.05, 4.69) is 10.4 Å². The summed E-state index contributed by atoms with van der Waals surface area (Å²) in [5.74, 6) is 1.39. The second-order valence-corrected chi connectivity index (χ2v) is 6.28. The van der Waals surface area contributed by atoms with Crippen molar-refractivity contribution in [3.05, 3.63) is 88.2 Å². The molecule has 1 amide bonds. The molecule has 3 heterocycles. The van der Waals surface area contributed by atoms with E-state index in [4.69, 9.17) is 8.83 Å². The van der Waals surface area contributed by atoms with Crippen LogP contribution in [-0.2, 0) is 6.54 Å². The largest absolute Gasteiger partial charge is 0.467 e. The molecule has 3 aromatic heterocycles. The van der Waals surface area contributed by atoms with Crippen LogP contribution in [0.15, 0.2) is 69.7 Å². The van der Waals surface area contributed by atoms with Gasteiger partial charge in [0.2, 0.25) is 0 Å². The number of nitrogens with zero attached hydrogens (tertiary/aromatic N) is 3. The maximum atomic E-state index is 12.8. The summed E-state index contributed by atoms with van der Waals surface area (Å²) in [4.78, 5) is 23.5. The molecule has 1 N–H and O–H groups in total. The Hall–Kier alpha value is -4.14. The third-order valence-electron chi connectivity index (χ3n) is 4.22. The molecule has 146 valence electrons. The van der Waals surface area contributed by atoms with E-state index in [1.807, 2.05) is 0 Å². The fraction of sp³-hybridized carbons (Fsp3) is 0.100. The molecule has 9 heteroatoms. The standard InChI is InChI=1S/C20H16N4O5/c1-13-7-8-19(29-13)17-11-18(20(25)21-12-16-6-3-9-28-16)23(22-17)14-4-2-5-15(10-14)24(26)27/h2-11H,12H2,1H3,(H,21,25). The van der Waals surface area contributed by atoms with Gasteiger partial charge in [0.1, 0.15) is 22.9 Å². The lowest BCUT2D eigenvalue weighted by Gasteiger charge is -2.07. The summed E-state index contributed by atoms with van der Waals surface area (Å²) < 4.78 is 12.2. The molecule has 4 rings (SSSR count). The fourth-order valence-electron chi connectivity index (χ4n) is 2.84. The molecular weight excluding hydrogens is 376 g/mol. The Kier molecular flexibility index (Phi) is 4.70. The minimum absolute atomic E-state index is 0.102. The van der Waals surface area contributed by atoms with Gasteiger partial charge in [0, 0.05) is 18.2 Å². The lowest BCUT2D eigenvalue weighted by molar-refractivity contribution is -0.384. The number of nitrogens with one attached hydrogen (secondary N) is 1. The van der Waals surface area contributed by atoms with Crippen molar-refractivity contribution in [2.24, 2.45) is 0 Å². The first kappa shape index (κ1) is 18.2. The summed E-state index contributed by atoms with van der Waals surface area (Å²) in [6, 6.07) is 14.5. The van der Waals surface area contributed by atoms with Gasteiger partial charge in [-0.3, -0.25) is 14.9 Å². The normalized spacial score (nSPS) is 10.8. The van der Waals surface area contributed by atoms with Crippen molar-refractivity contribution in [2.75, 3.05) is 0 Å². The van der Waals surface area contributed by atoms with Crippen molar-refractivity contribution in [3.63, 3.8) is 0 Å². The SMILES string of the molecule is Cc1ccc(-c2cc(C(=O)NCc3ccco3)n(-c3cccc([N+](=O)[O-])c3)n2)o1. The summed E-state index contributed by atoms with van der Waals surface area (Å²) in [6.07, 6.45) is 1.52. The van der Waals surface area contributed by atoms with E-state index >= 15 is 0 Å². The van der Waals surface area contributed by atoms with Gasteiger partial charge < -0.3 is 14.2 Å². The molecule has 9 nitrogen and oxygen atoms in total. The highest BCUT2D eigenvalue weighted by Gasteiger charge is 2.20. The maximum Gasteiger partial charge on any atom is 0.271 e. The molecule has 4 aromatic rings. The predicted octanol–water partition coefficient (Wildman–Crippen LogP) is 3.87. The minimum Gasteiger partial charge on any atom is -0.467 e. The fourth-order valence-corrected chi connectivity index (χ4v) is 2.84. The highest BCUT2D eigenvalue weighted by atomic mass is 16.6. The second-order valence-electron chi connectivity index (χ2n) is 6.28. The number of nitro groups is 1. The lowest BCUT2D eigenvalue weighted by Crippen LogP contribution is -2.25. The second kappa shape index (κ2) is 7.47. The molecule has 0 saturated heterocycles. The van der Waals surface area contributed by atoms with E-state index in [0.29, 0.717) is 28.7 Å². The van der Waals surface area contributed by atoms with Crippen molar-refractivity contribution in [1.29, 1.82) is 0 Å². The predicted molar refractivity (Wildman–Crippen MR) is 103 cm³/mol. The van der Waals surface area contributed by atoms with E-state index in [1.54, 1.807) is 43.3 Å². The summed E-state index contributed by atoms with van der Waals surface area (Å²) >= 11 is 0. The number of nitro benzene ring substituents is 1. The first-order chi connectivity index (χ1) is 14.0. The Balaban J connectivity index is 1.73. The Morgan fingerprint density at radius 3 is 2.76 bits per heavy atom. The molecule has 0 fully saturated rings. The number of amides is 1. The van der Waals surface area contributed by atoms with Crippen LogP contribution in [0.5, 0.6) is 0 Å². The number of carbonyl (C=O) groups excluding carboxylic acids is 1. The van der Waals surface area contributed by atoms with Gasteiger partial charge in [0.05, 0.1) is 23.4 Å². The maximum absolute atomic E-state index is 12.8. The number of hydrogen-bond acceptors (Lipinski definition) is 6. The quantitative estimate of drug-likeness (QED) is 0.393. The molecule has 0 atom stereocenters. The Morgan fingerprint density at radius 2 is 2.07 bits per heavy atom. The van der Waals surface area contributed by atoms with Gasteiger partial charge in [0.25, 0.3) is 11.6 Å². The molecule has 0 aliphatic carbocycles. The van der Waals surface area contributed by atoms with E-state index in [-0.39, 0.29) is 17.9 Å². The zero-order valence-electron chi connectivity index (χ0n) is 15.4. The molecule has 0 spiro atoms. The highest BCUT2D eigenvalue weighted by Crippen LogP contribution is 2.25. The van der Waals surface area contributed by atoms with Crippen molar-refractivity contribution in [3.8, 4) is 17.1 Å². The molecule has 0 radical (unpaired) electrons. The zero-order valence-corrected chi connectivity index (χ0v) is 15.4. The zero-order chi connectivity index (χ0) is 20.4. The van der Waals surface area contributed by atoms with Gasteiger partial charge in [-0.1, -0.05) is 6.07 Å². The van der Waals surface area contributed by atoms with Crippen LogP contribution in [0.1, 0.15) is 22.0 Å². The first-order valence-corrected chi connectivity index (χ1v) is 8.73. The smallest absolute Gasteiger partial charge is 0.271 e. The molecular formula is C20H16N4O5. The van der Waals surface area contributed by atoms with Crippen LogP contribution >= 0.6 is 0 Å². The van der Waals surface area contributed by atoms with Gasteiger partial charge in [-0.15, -0.1) is 0 Å². The van der Waals surface area contributed by atoms with Crippen LogP contribution in [-0.4, -0.2) is 20.6 Å². The molecule has 0 aliphatic rings. The van der Waals surface area contributed by atoms with Crippen LogP contribution in [0, 0.1) is 17.0 Å².